The largest absolute Gasteiger partial charge is 0.376 e. The summed E-state index contributed by atoms with van der Waals surface area (Å²) in [5.41, 5.74) is 2.53. The summed E-state index contributed by atoms with van der Waals surface area (Å²) >= 11 is 0. The number of likely N-dealkylation sites (N-methyl/N-ethyl adjacent to an activating group) is 1. The molecule has 1 aromatic rings. The van der Waals surface area contributed by atoms with E-state index in [1.807, 2.05) is 25.1 Å². The number of nitrogens with zero attached hydrogens (tertiary/aromatic N) is 1. The number of benzene rings is 1. The van der Waals surface area contributed by atoms with Crippen LogP contribution in [0.5, 0.6) is 0 Å². The molecular formula is C18H27N3O2. The van der Waals surface area contributed by atoms with Crippen LogP contribution in [0.4, 0.5) is 5.69 Å². The lowest BCUT2D eigenvalue weighted by Crippen LogP contribution is -2.36. The second-order valence-electron chi connectivity index (χ2n) is 6.48. The molecule has 0 aliphatic heterocycles. The van der Waals surface area contributed by atoms with Gasteiger partial charge in [0.1, 0.15) is 0 Å². The Hall–Kier alpha value is -2.04. The molecule has 2 amide bonds. The van der Waals surface area contributed by atoms with Crippen LogP contribution in [0.2, 0.25) is 0 Å². The molecule has 0 heterocycles. The van der Waals surface area contributed by atoms with E-state index in [1.54, 1.807) is 19.0 Å². The maximum absolute atomic E-state index is 12.3. The van der Waals surface area contributed by atoms with Crippen molar-refractivity contribution >= 4 is 17.5 Å². The van der Waals surface area contributed by atoms with E-state index in [0.717, 1.165) is 24.1 Å². The fraction of sp³-hybridized carbons (Fsp3) is 0.556. The van der Waals surface area contributed by atoms with Gasteiger partial charge in [0.25, 0.3) is 5.91 Å². The first-order chi connectivity index (χ1) is 11.0. The maximum Gasteiger partial charge on any atom is 0.251 e. The molecule has 0 radical (unpaired) electrons. The van der Waals surface area contributed by atoms with Gasteiger partial charge in [-0.15, -0.1) is 0 Å². The van der Waals surface area contributed by atoms with E-state index >= 15 is 0 Å². The number of nitrogens with one attached hydrogen (secondary N) is 2. The van der Waals surface area contributed by atoms with Gasteiger partial charge in [0, 0.05) is 31.4 Å². The summed E-state index contributed by atoms with van der Waals surface area (Å²) in [5.74, 6) is 0.0134. The highest BCUT2D eigenvalue weighted by Gasteiger charge is 2.17. The van der Waals surface area contributed by atoms with Crippen LogP contribution >= 0.6 is 0 Å². The summed E-state index contributed by atoms with van der Waals surface area (Å²) in [4.78, 5) is 25.5. The van der Waals surface area contributed by atoms with Crippen LogP contribution in [0.1, 0.15) is 48.0 Å². The molecule has 126 valence electrons. The molecule has 0 bridgehead atoms. The number of aryl methyl sites for hydroxylation is 1. The van der Waals surface area contributed by atoms with E-state index in [-0.39, 0.29) is 18.4 Å². The lowest BCUT2D eigenvalue weighted by molar-refractivity contribution is -0.126. The Kier molecular flexibility index (Phi) is 6.02. The van der Waals surface area contributed by atoms with Gasteiger partial charge in [-0.1, -0.05) is 19.3 Å². The molecule has 0 unspecified atom stereocenters. The summed E-state index contributed by atoms with van der Waals surface area (Å²) in [5, 5.41) is 6.25. The van der Waals surface area contributed by atoms with Crippen LogP contribution < -0.4 is 10.6 Å². The van der Waals surface area contributed by atoms with Crippen LogP contribution in [0.3, 0.4) is 0 Å². The third-order valence-corrected chi connectivity index (χ3v) is 4.36. The number of carbonyl (C=O) groups excluding carboxylic acids is 2. The van der Waals surface area contributed by atoms with Gasteiger partial charge in [0.05, 0.1) is 6.54 Å². The zero-order chi connectivity index (χ0) is 16.8. The second kappa shape index (κ2) is 7.99. The Morgan fingerprint density at radius 2 is 1.87 bits per heavy atom. The molecule has 0 aromatic heterocycles. The summed E-state index contributed by atoms with van der Waals surface area (Å²) in [6, 6.07) is 5.87. The molecular weight excluding hydrogens is 290 g/mol. The van der Waals surface area contributed by atoms with Crippen LogP contribution in [0.15, 0.2) is 18.2 Å². The Morgan fingerprint density at radius 1 is 1.17 bits per heavy atom. The van der Waals surface area contributed by atoms with E-state index < -0.39 is 0 Å². The molecule has 2 N–H and O–H groups in total. The zero-order valence-electron chi connectivity index (χ0n) is 14.3. The number of carbonyl (C=O) groups is 2. The average Bonchev–Trinajstić information content (AvgIpc) is 2.54. The highest BCUT2D eigenvalue weighted by molar-refractivity contribution is 5.95. The van der Waals surface area contributed by atoms with Gasteiger partial charge < -0.3 is 15.5 Å². The minimum absolute atomic E-state index is 0.00378. The molecule has 23 heavy (non-hydrogen) atoms. The molecule has 5 nitrogen and oxygen atoms in total. The van der Waals surface area contributed by atoms with E-state index in [4.69, 9.17) is 0 Å². The first kappa shape index (κ1) is 17.3. The molecule has 1 fully saturated rings. The maximum atomic E-state index is 12.3. The van der Waals surface area contributed by atoms with Gasteiger partial charge in [-0.05, 0) is 43.5 Å². The zero-order valence-corrected chi connectivity index (χ0v) is 14.3. The molecule has 1 aliphatic rings. The standard InChI is InChI=1S/C18H27N3O2/c1-13-11-14(18(23)20-15-7-5-4-6-8-15)9-10-16(13)19-12-17(22)21(2)3/h9-11,15,19H,4-8,12H2,1-3H3,(H,20,23). The number of amides is 2. The second-order valence-corrected chi connectivity index (χ2v) is 6.48. The van der Waals surface area contributed by atoms with Crippen molar-refractivity contribution in [1.82, 2.24) is 10.2 Å². The molecule has 5 heteroatoms. The number of hydrogen-bond acceptors (Lipinski definition) is 3. The first-order valence-corrected chi connectivity index (χ1v) is 8.33. The Labute approximate surface area is 138 Å². The Morgan fingerprint density at radius 3 is 2.48 bits per heavy atom. The minimum atomic E-state index is -0.00378. The van der Waals surface area contributed by atoms with Crippen molar-refractivity contribution in [1.29, 1.82) is 0 Å². The monoisotopic (exact) mass is 317 g/mol. The van der Waals surface area contributed by atoms with Crippen LogP contribution in [-0.4, -0.2) is 43.4 Å². The average molecular weight is 317 g/mol. The molecule has 2 rings (SSSR count). The van der Waals surface area contributed by atoms with Crippen molar-refractivity contribution in [3.63, 3.8) is 0 Å². The molecule has 1 aromatic carbocycles. The molecule has 1 aliphatic carbocycles. The number of anilines is 1. The summed E-state index contributed by atoms with van der Waals surface area (Å²) in [7, 11) is 3.46. The number of rotatable bonds is 5. The molecule has 0 saturated heterocycles. The van der Waals surface area contributed by atoms with Crippen molar-refractivity contribution in [3.05, 3.63) is 29.3 Å². The first-order valence-electron chi connectivity index (χ1n) is 8.33. The molecule has 1 saturated carbocycles. The lowest BCUT2D eigenvalue weighted by atomic mass is 9.95. The highest BCUT2D eigenvalue weighted by Crippen LogP contribution is 2.19. The van der Waals surface area contributed by atoms with Gasteiger partial charge in [-0.3, -0.25) is 9.59 Å². The fourth-order valence-electron chi connectivity index (χ4n) is 2.85. The highest BCUT2D eigenvalue weighted by atomic mass is 16.2. The van der Waals surface area contributed by atoms with Crippen LogP contribution in [-0.2, 0) is 4.79 Å². The molecule has 0 atom stereocenters. The predicted octanol–water partition coefficient (Wildman–Crippen LogP) is 2.56. The topological polar surface area (TPSA) is 61.4 Å². The third-order valence-electron chi connectivity index (χ3n) is 4.36. The van der Waals surface area contributed by atoms with E-state index in [2.05, 4.69) is 10.6 Å². The van der Waals surface area contributed by atoms with E-state index in [0.29, 0.717) is 11.6 Å². The summed E-state index contributed by atoms with van der Waals surface area (Å²) in [6.07, 6.45) is 5.84. The molecule has 0 spiro atoms. The smallest absolute Gasteiger partial charge is 0.251 e. The van der Waals surface area contributed by atoms with Gasteiger partial charge >= 0.3 is 0 Å². The predicted molar refractivity (Wildman–Crippen MR) is 92.7 cm³/mol. The summed E-state index contributed by atoms with van der Waals surface area (Å²) < 4.78 is 0. The van der Waals surface area contributed by atoms with Gasteiger partial charge in [-0.2, -0.15) is 0 Å². The van der Waals surface area contributed by atoms with E-state index in [1.165, 1.54) is 19.3 Å². The van der Waals surface area contributed by atoms with Gasteiger partial charge in [-0.25, -0.2) is 0 Å². The van der Waals surface area contributed by atoms with Crippen molar-refractivity contribution in [2.24, 2.45) is 0 Å². The van der Waals surface area contributed by atoms with Gasteiger partial charge in [0.15, 0.2) is 0 Å². The Bertz CT molecular complexity index is 563. The fourth-order valence-corrected chi connectivity index (χ4v) is 2.85. The lowest BCUT2D eigenvalue weighted by Gasteiger charge is -2.23. The van der Waals surface area contributed by atoms with Gasteiger partial charge in [0.2, 0.25) is 5.91 Å². The van der Waals surface area contributed by atoms with Crippen molar-refractivity contribution < 1.29 is 9.59 Å². The van der Waals surface area contributed by atoms with E-state index in [9.17, 15) is 9.59 Å². The number of hydrogen-bond donors (Lipinski definition) is 2. The van der Waals surface area contributed by atoms with Crippen molar-refractivity contribution in [3.8, 4) is 0 Å². The normalized spacial score (nSPS) is 15.1. The SMILES string of the molecule is Cc1cc(C(=O)NC2CCCCC2)ccc1NCC(=O)N(C)C. The quantitative estimate of drug-likeness (QED) is 0.877. The Balaban J connectivity index is 1.95. The van der Waals surface area contributed by atoms with Crippen molar-refractivity contribution in [2.75, 3.05) is 26.0 Å². The van der Waals surface area contributed by atoms with Crippen LogP contribution in [0.25, 0.3) is 0 Å². The third kappa shape index (κ3) is 4.98. The van der Waals surface area contributed by atoms with Crippen molar-refractivity contribution in [2.45, 2.75) is 45.1 Å². The minimum Gasteiger partial charge on any atom is -0.376 e. The summed E-state index contributed by atoms with van der Waals surface area (Å²) in [6.45, 7) is 2.20. The van der Waals surface area contributed by atoms with Crippen LogP contribution in [0, 0.1) is 6.92 Å².